The first kappa shape index (κ1) is 14.1. The number of hydrogen-bond acceptors (Lipinski definition) is 4. The first-order valence-corrected chi connectivity index (χ1v) is 6.88. The number of carbonyl (C=O) groups is 1. The Labute approximate surface area is 114 Å². The third kappa shape index (κ3) is 4.36. The molecule has 0 spiro atoms. The van der Waals surface area contributed by atoms with Crippen molar-refractivity contribution in [3.05, 3.63) is 23.7 Å². The molecule has 2 rings (SSSR count). The van der Waals surface area contributed by atoms with Gasteiger partial charge in [0.25, 0.3) is 0 Å². The van der Waals surface area contributed by atoms with E-state index in [0.717, 1.165) is 37.6 Å². The fraction of sp³-hybridized carbons (Fsp3) is 0.643. The van der Waals surface area contributed by atoms with Gasteiger partial charge in [-0.3, -0.25) is 4.79 Å². The Hall–Kier alpha value is -1.33. The molecule has 1 saturated heterocycles. The number of hydrogen-bond donors (Lipinski definition) is 2. The smallest absolute Gasteiger partial charge is 0.221 e. The third-order valence-electron chi connectivity index (χ3n) is 3.56. The maximum absolute atomic E-state index is 11.9. The van der Waals surface area contributed by atoms with Crippen molar-refractivity contribution in [3.63, 3.8) is 0 Å². The van der Waals surface area contributed by atoms with Crippen LogP contribution in [0.2, 0.25) is 0 Å². The Morgan fingerprint density at radius 2 is 2.42 bits per heavy atom. The molecular formula is C14H23N3O2. The summed E-state index contributed by atoms with van der Waals surface area (Å²) in [6.45, 7) is 5.46. The molecule has 5 nitrogen and oxygen atoms in total. The van der Waals surface area contributed by atoms with Crippen LogP contribution >= 0.6 is 0 Å². The van der Waals surface area contributed by atoms with Crippen molar-refractivity contribution in [1.29, 1.82) is 0 Å². The van der Waals surface area contributed by atoms with Crippen LogP contribution in [0.1, 0.15) is 17.9 Å². The minimum absolute atomic E-state index is 0.115. The summed E-state index contributed by atoms with van der Waals surface area (Å²) in [5.41, 5.74) is 0. The average molecular weight is 265 g/mol. The number of likely N-dealkylation sites (N-methyl/N-ethyl adjacent to an activating group) is 1. The zero-order chi connectivity index (χ0) is 13.7. The number of amides is 1. The molecule has 1 aromatic heterocycles. The fourth-order valence-electron chi connectivity index (χ4n) is 2.32. The number of aryl methyl sites for hydroxylation is 1. The average Bonchev–Trinajstić information content (AvgIpc) is 2.78. The number of rotatable bonds is 5. The van der Waals surface area contributed by atoms with Gasteiger partial charge in [-0.1, -0.05) is 0 Å². The molecule has 1 aliphatic heterocycles. The third-order valence-corrected chi connectivity index (χ3v) is 3.56. The lowest BCUT2D eigenvalue weighted by atomic mass is 10.1. The Morgan fingerprint density at radius 3 is 3.11 bits per heavy atom. The summed E-state index contributed by atoms with van der Waals surface area (Å²) in [5, 5.41) is 6.27. The molecule has 0 aliphatic carbocycles. The Kier molecular flexibility index (Phi) is 4.99. The van der Waals surface area contributed by atoms with Crippen LogP contribution in [0.25, 0.3) is 0 Å². The molecule has 2 heterocycles. The summed E-state index contributed by atoms with van der Waals surface area (Å²) in [7, 11) is 2.07. The highest BCUT2D eigenvalue weighted by atomic mass is 16.3. The summed E-state index contributed by atoms with van der Waals surface area (Å²) in [5.74, 6) is 1.95. The summed E-state index contributed by atoms with van der Waals surface area (Å²) >= 11 is 0. The Morgan fingerprint density at radius 1 is 1.58 bits per heavy atom. The maximum Gasteiger partial charge on any atom is 0.221 e. The van der Waals surface area contributed by atoms with Crippen molar-refractivity contribution in [1.82, 2.24) is 15.5 Å². The van der Waals surface area contributed by atoms with Gasteiger partial charge in [0, 0.05) is 45.1 Å². The van der Waals surface area contributed by atoms with E-state index in [1.165, 1.54) is 0 Å². The minimum atomic E-state index is 0.115. The molecule has 1 amide bonds. The molecule has 1 unspecified atom stereocenters. The van der Waals surface area contributed by atoms with Crippen molar-refractivity contribution >= 4 is 5.91 Å². The second-order valence-corrected chi connectivity index (χ2v) is 5.15. The van der Waals surface area contributed by atoms with Gasteiger partial charge >= 0.3 is 0 Å². The molecule has 0 aromatic carbocycles. The van der Waals surface area contributed by atoms with E-state index in [2.05, 4.69) is 22.6 Å². The minimum Gasteiger partial charge on any atom is -0.466 e. The van der Waals surface area contributed by atoms with Gasteiger partial charge in [-0.25, -0.2) is 0 Å². The first-order chi connectivity index (χ1) is 9.15. The number of carbonyl (C=O) groups excluding carboxylic acids is 1. The van der Waals surface area contributed by atoms with E-state index >= 15 is 0 Å². The molecule has 1 fully saturated rings. The van der Waals surface area contributed by atoms with Crippen LogP contribution in [0.15, 0.2) is 16.5 Å². The SMILES string of the molecule is Cc1ccc(CCNC(=O)CC2CNCCN2C)o1. The second-order valence-electron chi connectivity index (χ2n) is 5.15. The van der Waals surface area contributed by atoms with Crippen LogP contribution in [0.5, 0.6) is 0 Å². The lowest BCUT2D eigenvalue weighted by Crippen LogP contribution is -2.51. The number of piperazine rings is 1. The highest BCUT2D eigenvalue weighted by Gasteiger charge is 2.21. The van der Waals surface area contributed by atoms with E-state index in [4.69, 9.17) is 4.42 Å². The number of nitrogens with one attached hydrogen (secondary N) is 2. The highest BCUT2D eigenvalue weighted by molar-refractivity contribution is 5.76. The summed E-state index contributed by atoms with van der Waals surface area (Å²) < 4.78 is 5.46. The molecule has 5 heteroatoms. The van der Waals surface area contributed by atoms with Crippen molar-refractivity contribution < 1.29 is 9.21 Å². The van der Waals surface area contributed by atoms with E-state index in [-0.39, 0.29) is 5.91 Å². The highest BCUT2D eigenvalue weighted by Crippen LogP contribution is 2.07. The molecule has 19 heavy (non-hydrogen) atoms. The molecule has 2 N–H and O–H groups in total. The molecule has 0 radical (unpaired) electrons. The standard InChI is InChI=1S/C14H23N3O2/c1-11-3-4-13(19-11)5-6-16-14(18)9-12-10-15-7-8-17(12)2/h3-4,12,15H,5-10H2,1-2H3,(H,16,18). The van der Waals surface area contributed by atoms with Gasteiger partial charge in [0.05, 0.1) is 0 Å². The van der Waals surface area contributed by atoms with Gasteiger partial charge in [-0.15, -0.1) is 0 Å². The molecule has 0 saturated carbocycles. The Bertz CT molecular complexity index is 417. The second kappa shape index (κ2) is 6.73. The molecule has 106 valence electrons. The van der Waals surface area contributed by atoms with E-state index in [1.54, 1.807) is 0 Å². The van der Waals surface area contributed by atoms with Crippen LogP contribution in [0, 0.1) is 6.92 Å². The molecule has 0 bridgehead atoms. The van der Waals surface area contributed by atoms with Crippen molar-refractivity contribution in [2.45, 2.75) is 25.8 Å². The van der Waals surface area contributed by atoms with E-state index in [0.29, 0.717) is 19.0 Å². The lowest BCUT2D eigenvalue weighted by Gasteiger charge is -2.32. The topological polar surface area (TPSA) is 57.5 Å². The number of nitrogens with zero attached hydrogens (tertiary/aromatic N) is 1. The Balaban J connectivity index is 1.66. The number of furan rings is 1. The fourth-order valence-corrected chi connectivity index (χ4v) is 2.32. The quantitative estimate of drug-likeness (QED) is 0.816. The summed E-state index contributed by atoms with van der Waals surface area (Å²) in [6.07, 6.45) is 1.30. The molecule has 1 aliphatic rings. The van der Waals surface area contributed by atoms with Crippen molar-refractivity contribution in [2.24, 2.45) is 0 Å². The first-order valence-electron chi connectivity index (χ1n) is 6.88. The monoisotopic (exact) mass is 265 g/mol. The van der Waals surface area contributed by atoms with Gasteiger partial charge in [0.15, 0.2) is 0 Å². The van der Waals surface area contributed by atoms with Gasteiger partial charge in [0.2, 0.25) is 5.91 Å². The van der Waals surface area contributed by atoms with Crippen LogP contribution in [-0.4, -0.2) is 50.1 Å². The van der Waals surface area contributed by atoms with Crippen LogP contribution in [0.4, 0.5) is 0 Å². The summed E-state index contributed by atoms with van der Waals surface area (Å²) in [6, 6.07) is 4.21. The molecule has 1 aromatic rings. The molecular weight excluding hydrogens is 242 g/mol. The van der Waals surface area contributed by atoms with Gasteiger partial charge in [-0.2, -0.15) is 0 Å². The van der Waals surface area contributed by atoms with Crippen molar-refractivity contribution in [3.8, 4) is 0 Å². The predicted molar refractivity (Wildman–Crippen MR) is 74.1 cm³/mol. The van der Waals surface area contributed by atoms with Crippen LogP contribution in [-0.2, 0) is 11.2 Å². The molecule has 1 atom stereocenters. The van der Waals surface area contributed by atoms with E-state index < -0.39 is 0 Å². The van der Waals surface area contributed by atoms with Gasteiger partial charge in [0.1, 0.15) is 11.5 Å². The van der Waals surface area contributed by atoms with Gasteiger partial charge < -0.3 is 20.0 Å². The van der Waals surface area contributed by atoms with Crippen molar-refractivity contribution in [2.75, 3.05) is 33.2 Å². The van der Waals surface area contributed by atoms with E-state index in [9.17, 15) is 4.79 Å². The lowest BCUT2D eigenvalue weighted by molar-refractivity contribution is -0.122. The van der Waals surface area contributed by atoms with E-state index in [1.807, 2.05) is 19.1 Å². The zero-order valence-corrected chi connectivity index (χ0v) is 11.7. The zero-order valence-electron chi connectivity index (χ0n) is 11.7. The van der Waals surface area contributed by atoms with Gasteiger partial charge in [-0.05, 0) is 26.1 Å². The normalized spacial score (nSPS) is 20.4. The predicted octanol–water partition coefficient (Wildman–Crippen LogP) is 0.540. The largest absolute Gasteiger partial charge is 0.466 e. The maximum atomic E-state index is 11.9. The van der Waals surface area contributed by atoms with Crippen LogP contribution in [0.3, 0.4) is 0 Å². The summed E-state index contributed by atoms with van der Waals surface area (Å²) in [4.78, 5) is 14.1. The van der Waals surface area contributed by atoms with Crippen LogP contribution < -0.4 is 10.6 Å².